The molecule has 0 aliphatic carbocycles. The molecule has 3 rings (SSSR count). The molecule has 1 aliphatic heterocycles. The maximum absolute atomic E-state index is 12.9. The predicted octanol–water partition coefficient (Wildman–Crippen LogP) is 2.67. The molecule has 1 fully saturated rings. The summed E-state index contributed by atoms with van der Waals surface area (Å²) >= 11 is 0. The first-order valence-electron chi connectivity index (χ1n) is 7.78. The Bertz CT molecular complexity index is 831. The van der Waals surface area contributed by atoms with Crippen molar-refractivity contribution in [2.45, 2.75) is 16.7 Å². The molecule has 1 saturated heterocycles. The first-order valence-corrected chi connectivity index (χ1v) is 9.33. The molecule has 5 heteroatoms. The summed E-state index contributed by atoms with van der Waals surface area (Å²) in [5.74, 6) is -0.765. The number of rotatable bonds is 5. The van der Waals surface area contributed by atoms with E-state index in [0.29, 0.717) is 13.1 Å². The van der Waals surface area contributed by atoms with Crippen LogP contribution >= 0.6 is 0 Å². The molecule has 1 aliphatic rings. The van der Waals surface area contributed by atoms with Crippen LogP contribution in [-0.2, 0) is 21.2 Å². The van der Waals surface area contributed by atoms with Crippen LogP contribution in [0.25, 0.3) is 0 Å². The molecule has 2 atom stereocenters. The Labute approximate surface area is 142 Å². The summed E-state index contributed by atoms with van der Waals surface area (Å²) in [6.45, 7) is 4.51. The Morgan fingerprint density at radius 2 is 1.62 bits per heavy atom. The molecule has 1 heterocycles. The van der Waals surface area contributed by atoms with E-state index in [2.05, 4.69) is 6.58 Å². The Hall–Kier alpha value is -2.40. The fourth-order valence-electron chi connectivity index (χ4n) is 3.07. The number of amides is 1. The second-order valence-electron chi connectivity index (χ2n) is 5.88. The molecule has 0 aromatic heterocycles. The van der Waals surface area contributed by atoms with E-state index in [1.54, 1.807) is 29.2 Å². The largest absolute Gasteiger partial charge is 0.337 e. The van der Waals surface area contributed by atoms with Gasteiger partial charge >= 0.3 is 0 Å². The standard InChI is InChI=1S/C19H19NO3S/c1-2-16-14-20(13-15-9-5-3-6-10-15)19(21)18(16)24(22,23)17-11-7-4-8-12-17/h2-12,16,18H,1,13-14H2/t16-,18+/m0/s1. The third-order valence-corrected chi connectivity index (χ3v) is 6.45. The lowest BCUT2D eigenvalue weighted by molar-refractivity contribution is -0.127. The third-order valence-electron chi connectivity index (χ3n) is 4.30. The summed E-state index contributed by atoms with van der Waals surface area (Å²) < 4.78 is 25.8. The molecule has 0 radical (unpaired) electrons. The quantitative estimate of drug-likeness (QED) is 0.786. The van der Waals surface area contributed by atoms with E-state index >= 15 is 0 Å². The lowest BCUT2D eigenvalue weighted by atomic mass is 10.1. The van der Waals surface area contributed by atoms with E-state index in [1.807, 2.05) is 30.3 Å². The van der Waals surface area contributed by atoms with Crippen molar-refractivity contribution in [1.29, 1.82) is 0 Å². The van der Waals surface area contributed by atoms with Gasteiger partial charge in [0.25, 0.3) is 0 Å². The van der Waals surface area contributed by atoms with Crippen LogP contribution in [0.1, 0.15) is 5.56 Å². The average Bonchev–Trinajstić information content (AvgIpc) is 2.93. The molecule has 0 saturated carbocycles. The summed E-state index contributed by atoms with van der Waals surface area (Å²) in [4.78, 5) is 14.6. The fourth-order valence-corrected chi connectivity index (χ4v) is 4.97. The van der Waals surface area contributed by atoms with Gasteiger partial charge in [0, 0.05) is 19.0 Å². The second kappa shape index (κ2) is 6.61. The monoisotopic (exact) mass is 341 g/mol. The highest BCUT2D eigenvalue weighted by Gasteiger charge is 2.47. The molecular weight excluding hydrogens is 322 g/mol. The van der Waals surface area contributed by atoms with Crippen molar-refractivity contribution >= 4 is 15.7 Å². The van der Waals surface area contributed by atoms with Crippen molar-refractivity contribution in [2.24, 2.45) is 5.92 Å². The molecule has 0 unspecified atom stereocenters. The maximum Gasteiger partial charge on any atom is 0.242 e. The van der Waals surface area contributed by atoms with Crippen LogP contribution in [0.5, 0.6) is 0 Å². The highest BCUT2D eigenvalue weighted by molar-refractivity contribution is 7.92. The van der Waals surface area contributed by atoms with Gasteiger partial charge in [0.05, 0.1) is 4.90 Å². The molecule has 2 aromatic carbocycles. The molecule has 24 heavy (non-hydrogen) atoms. The molecule has 0 bridgehead atoms. The van der Waals surface area contributed by atoms with Crippen LogP contribution in [-0.4, -0.2) is 31.0 Å². The Kier molecular flexibility index (Phi) is 4.53. The van der Waals surface area contributed by atoms with E-state index in [9.17, 15) is 13.2 Å². The number of likely N-dealkylation sites (tertiary alicyclic amines) is 1. The summed E-state index contributed by atoms with van der Waals surface area (Å²) in [6.07, 6.45) is 1.58. The van der Waals surface area contributed by atoms with Crippen LogP contribution in [0.4, 0.5) is 0 Å². The zero-order valence-corrected chi connectivity index (χ0v) is 14.0. The van der Waals surface area contributed by atoms with Crippen LogP contribution in [0, 0.1) is 5.92 Å². The van der Waals surface area contributed by atoms with Crippen LogP contribution in [0.15, 0.2) is 78.2 Å². The van der Waals surface area contributed by atoms with Crippen molar-refractivity contribution in [3.05, 3.63) is 78.9 Å². The number of sulfone groups is 1. The molecule has 124 valence electrons. The number of hydrogen-bond acceptors (Lipinski definition) is 3. The van der Waals surface area contributed by atoms with E-state index in [1.165, 1.54) is 12.1 Å². The number of carbonyl (C=O) groups excluding carboxylic acids is 1. The van der Waals surface area contributed by atoms with Gasteiger partial charge in [-0.1, -0.05) is 54.6 Å². The molecule has 0 N–H and O–H groups in total. The lowest BCUT2D eigenvalue weighted by Gasteiger charge is -2.17. The van der Waals surface area contributed by atoms with E-state index in [4.69, 9.17) is 0 Å². The van der Waals surface area contributed by atoms with Crippen molar-refractivity contribution < 1.29 is 13.2 Å². The molecular formula is C19H19NO3S. The minimum Gasteiger partial charge on any atom is -0.337 e. The second-order valence-corrected chi connectivity index (χ2v) is 7.95. The normalized spacial score (nSPS) is 21.0. The van der Waals surface area contributed by atoms with Gasteiger partial charge in [0.2, 0.25) is 5.91 Å². The average molecular weight is 341 g/mol. The van der Waals surface area contributed by atoms with Gasteiger partial charge in [-0.05, 0) is 17.7 Å². The van der Waals surface area contributed by atoms with E-state index in [-0.39, 0.29) is 10.8 Å². The fraction of sp³-hybridized carbons (Fsp3) is 0.211. The van der Waals surface area contributed by atoms with Gasteiger partial charge in [-0.3, -0.25) is 4.79 Å². The lowest BCUT2D eigenvalue weighted by Crippen LogP contribution is -2.35. The van der Waals surface area contributed by atoms with Crippen molar-refractivity contribution in [2.75, 3.05) is 6.54 Å². The number of nitrogens with zero attached hydrogens (tertiary/aromatic N) is 1. The Balaban J connectivity index is 1.90. The topological polar surface area (TPSA) is 54.5 Å². The number of carbonyl (C=O) groups is 1. The van der Waals surface area contributed by atoms with Gasteiger partial charge < -0.3 is 4.90 Å². The first-order chi connectivity index (χ1) is 11.5. The van der Waals surface area contributed by atoms with Crippen LogP contribution < -0.4 is 0 Å². The van der Waals surface area contributed by atoms with Gasteiger partial charge in [0.1, 0.15) is 0 Å². The third kappa shape index (κ3) is 2.99. The highest BCUT2D eigenvalue weighted by atomic mass is 32.2. The Morgan fingerprint density at radius 3 is 2.21 bits per heavy atom. The summed E-state index contributed by atoms with van der Waals surface area (Å²) in [7, 11) is -3.74. The van der Waals surface area contributed by atoms with Crippen LogP contribution in [0.2, 0.25) is 0 Å². The molecule has 1 amide bonds. The Morgan fingerprint density at radius 1 is 1.04 bits per heavy atom. The molecule has 2 aromatic rings. The smallest absolute Gasteiger partial charge is 0.242 e. The minimum atomic E-state index is -3.74. The van der Waals surface area contributed by atoms with Gasteiger partial charge in [-0.25, -0.2) is 8.42 Å². The number of benzene rings is 2. The van der Waals surface area contributed by atoms with Gasteiger partial charge in [-0.15, -0.1) is 6.58 Å². The minimum absolute atomic E-state index is 0.178. The van der Waals surface area contributed by atoms with E-state index < -0.39 is 21.0 Å². The number of hydrogen-bond donors (Lipinski definition) is 0. The highest BCUT2D eigenvalue weighted by Crippen LogP contribution is 2.31. The van der Waals surface area contributed by atoms with Crippen LogP contribution in [0.3, 0.4) is 0 Å². The van der Waals surface area contributed by atoms with Crippen molar-refractivity contribution in [3.63, 3.8) is 0 Å². The summed E-state index contributed by atoms with van der Waals surface area (Å²) in [6, 6.07) is 17.7. The van der Waals surface area contributed by atoms with Crippen molar-refractivity contribution in [3.8, 4) is 0 Å². The van der Waals surface area contributed by atoms with E-state index in [0.717, 1.165) is 5.56 Å². The maximum atomic E-state index is 12.9. The van der Waals surface area contributed by atoms with Crippen molar-refractivity contribution in [1.82, 2.24) is 4.90 Å². The zero-order chi connectivity index (χ0) is 17.2. The van der Waals surface area contributed by atoms with Gasteiger partial charge in [0.15, 0.2) is 15.1 Å². The SMILES string of the molecule is C=C[C@H]1CN(Cc2ccccc2)C(=O)[C@@H]1S(=O)(=O)c1ccccc1. The summed E-state index contributed by atoms with van der Waals surface area (Å²) in [5, 5.41) is -1.10. The zero-order valence-electron chi connectivity index (χ0n) is 13.2. The summed E-state index contributed by atoms with van der Waals surface area (Å²) in [5.41, 5.74) is 0.978. The predicted molar refractivity (Wildman–Crippen MR) is 93.0 cm³/mol. The molecule has 4 nitrogen and oxygen atoms in total. The molecule has 0 spiro atoms. The van der Waals surface area contributed by atoms with Gasteiger partial charge in [-0.2, -0.15) is 0 Å². The first kappa shape index (κ1) is 16.5.